The van der Waals surface area contributed by atoms with Crippen molar-refractivity contribution in [3.63, 3.8) is 0 Å². The maximum atomic E-state index is 12.5. The normalized spacial score (nSPS) is 23.7. The highest BCUT2D eigenvalue weighted by molar-refractivity contribution is 6.19. The molecule has 0 radical (unpaired) electrons. The van der Waals surface area contributed by atoms with Gasteiger partial charge in [-0.05, 0) is 31.7 Å². The van der Waals surface area contributed by atoms with E-state index in [1.165, 1.54) is 0 Å². The van der Waals surface area contributed by atoms with Crippen molar-refractivity contribution in [3.8, 4) is 5.75 Å². The molecule has 102 valence electrons. The third kappa shape index (κ3) is 2.32. The third-order valence-electron chi connectivity index (χ3n) is 4.23. The first-order valence-electron chi connectivity index (χ1n) is 6.84. The lowest BCUT2D eigenvalue weighted by atomic mass is 9.77. The molecule has 3 rings (SSSR count). The van der Waals surface area contributed by atoms with Gasteiger partial charge in [0.25, 0.3) is 0 Å². The summed E-state index contributed by atoms with van der Waals surface area (Å²) in [5.74, 6) is 1.33. The number of rotatable bonds is 3. The molecule has 1 N–H and O–H groups in total. The van der Waals surface area contributed by atoms with Gasteiger partial charge >= 0.3 is 0 Å². The molecule has 1 fully saturated rings. The number of ether oxygens (including phenoxy) is 1. The number of hydrogen-bond donors (Lipinski definition) is 1. The van der Waals surface area contributed by atoms with Crippen LogP contribution in [-0.4, -0.2) is 23.9 Å². The first-order valence-corrected chi connectivity index (χ1v) is 7.37. The van der Waals surface area contributed by atoms with E-state index in [0.29, 0.717) is 12.5 Å². The minimum Gasteiger partial charge on any atom is -0.493 e. The lowest BCUT2D eigenvalue weighted by Gasteiger charge is -2.42. The number of amides is 1. The Morgan fingerprint density at radius 2 is 2.21 bits per heavy atom. The average Bonchev–Trinajstić information content (AvgIpc) is 2.42. The number of carbonyl (C=O) groups is 1. The van der Waals surface area contributed by atoms with Gasteiger partial charge in [-0.1, -0.05) is 18.2 Å². The summed E-state index contributed by atoms with van der Waals surface area (Å²) in [6, 6.07) is 7.79. The number of hydrogen-bond acceptors (Lipinski definition) is 2. The topological polar surface area (TPSA) is 38.3 Å². The quantitative estimate of drug-likeness (QED) is 0.864. The van der Waals surface area contributed by atoms with Crippen molar-refractivity contribution in [1.82, 2.24) is 5.32 Å². The van der Waals surface area contributed by atoms with E-state index in [1.807, 2.05) is 24.3 Å². The largest absolute Gasteiger partial charge is 0.493 e. The Labute approximate surface area is 118 Å². The van der Waals surface area contributed by atoms with Crippen molar-refractivity contribution in [2.24, 2.45) is 0 Å². The predicted octanol–water partition coefficient (Wildman–Crippen LogP) is 2.83. The van der Waals surface area contributed by atoms with E-state index in [4.69, 9.17) is 16.3 Å². The zero-order chi connectivity index (χ0) is 13.3. The van der Waals surface area contributed by atoms with Crippen LogP contribution in [0.15, 0.2) is 24.3 Å². The fourth-order valence-electron chi connectivity index (χ4n) is 2.86. The molecule has 1 aliphatic carbocycles. The Morgan fingerprint density at radius 1 is 1.42 bits per heavy atom. The molecule has 1 amide bonds. The second-order valence-electron chi connectivity index (χ2n) is 5.48. The molecule has 1 aliphatic heterocycles. The molecule has 0 bridgehead atoms. The molecule has 0 saturated heterocycles. The van der Waals surface area contributed by atoms with Gasteiger partial charge in [-0.2, -0.15) is 0 Å². The Balaban J connectivity index is 1.78. The van der Waals surface area contributed by atoms with Crippen LogP contribution in [0.25, 0.3) is 0 Å². The van der Waals surface area contributed by atoms with Crippen LogP contribution in [0.1, 0.15) is 37.2 Å². The first kappa shape index (κ1) is 12.8. The minimum atomic E-state index is -0.161. The highest BCUT2D eigenvalue weighted by atomic mass is 35.5. The molecule has 1 aromatic carbocycles. The number of carbonyl (C=O) groups excluding carboxylic acids is 1. The van der Waals surface area contributed by atoms with Gasteiger partial charge in [-0.25, -0.2) is 0 Å². The molecule has 0 aromatic heterocycles. The van der Waals surface area contributed by atoms with Crippen molar-refractivity contribution in [2.75, 3.05) is 12.5 Å². The average molecular weight is 280 g/mol. The summed E-state index contributed by atoms with van der Waals surface area (Å²) in [6.45, 7) is 0.600. The predicted molar refractivity (Wildman–Crippen MR) is 74.7 cm³/mol. The van der Waals surface area contributed by atoms with Crippen LogP contribution in [0.5, 0.6) is 5.75 Å². The number of nitrogens with one attached hydrogen (secondary N) is 1. The van der Waals surface area contributed by atoms with E-state index >= 15 is 0 Å². The van der Waals surface area contributed by atoms with Crippen molar-refractivity contribution in [1.29, 1.82) is 0 Å². The molecule has 1 unspecified atom stereocenters. The highest BCUT2D eigenvalue weighted by Crippen LogP contribution is 2.37. The fourth-order valence-corrected chi connectivity index (χ4v) is 3.19. The van der Waals surface area contributed by atoms with Gasteiger partial charge in [0, 0.05) is 11.4 Å². The zero-order valence-electron chi connectivity index (χ0n) is 10.8. The zero-order valence-corrected chi connectivity index (χ0v) is 11.6. The lowest BCUT2D eigenvalue weighted by Crippen LogP contribution is -2.56. The molecule has 1 aromatic rings. The van der Waals surface area contributed by atoms with E-state index in [0.717, 1.165) is 37.0 Å². The van der Waals surface area contributed by atoms with Crippen LogP contribution < -0.4 is 10.1 Å². The number of fused-ring (bicyclic) bond motifs is 1. The third-order valence-corrected chi connectivity index (χ3v) is 4.74. The molecule has 19 heavy (non-hydrogen) atoms. The van der Waals surface area contributed by atoms with Gasteiger partial charge < -0.3 is 10.1 Å². The summed E-state index contributed by atoms with van der Waals surface area (Å²) in [6.07, 6.45) is 3.87. The van der Waals surface area contributed by atoms with Crippen molar-refractivity contribution >= 4 is 17.5 Å². The Hall–Kier alpha value is -1.22. The Bertz CT molecular complexity index is 479. The molecule has 1 saturated carbocycles. The summed E-state index contributed by atoms with van der Waals surface area (Å²) in [5, 5.41) is 3.16. The highest BCUT2D eigenvalue weighted by Gasteiger charge is 2.39. The van der Waals surface area contributed by atoms with E-state index in [2.05, 4.69) is 5.32 Å². The fraction of sp³-hybridized carbons (Fsp3) is 0.533. The van der Waals surface area contributed by atoms with E-state index < -0.39 is 0 Å². The van der Waals surface area contributed by atoms with Gasteiger partial charge in [0.2, 0.25) is 5.91 Å². The van der Waals surface area contributed by atoms with Crippen LogP contribution in [0.3, 0.4) is 0 Å². The van der Waals surface area contributed by atoms with E-state index in [9.17, 15) is 4.79 Å². The van der Waals surface area contributed by atoms with Crippen LogP contribution in [0.4, 0.5) is 0 Å². The maximum absolute atomic E-state index is 12.5. The number of benzene rings is 1. The Morgan fingerprint density at radius 3 is 2.89 bits per heavy atom. The number of halogens is 1. The molecule has 0 spiro atoms. The van der Waals surface area contributed by atoms with E-state index in [-0.39, 0.29) is 17.4 Å². The second-order valence-corrected chi connectivity index (χ2v) is 5.75. The minimum absolute atomic E-state index is 0.0936. The number of para-hydroxylation sites is 1. The molecule has 4 heteroatoms. The molecule has 2 aliphatic rings. The van der Waals surface area contributed by atoms with Gasteiger partial charge in [0.15, 0.2) is 0 Å². The molecular formula is C15H18ClNO2. The molecule has 1 heterocycles. The monoisotopic (exact) mass is 279 g/mol. The molecule has 1 atom stereocenters. The van der Waals surface area contributed by atoms with Crippen molar-refractivity contribution in [3.05, 3.63) is 29.8 Å². The first-order chi connectivity index (χ1) is 9.24. The van der Waals surface area contributed by atoms with Gasteiger partial charge in [0.05, 0.1) is 18.1 Å². The van der Waals surface area contributed by atoms with Crippen LogP contribution in [0, 0.1) is 0 Å². The molecular weight excluding hydrogens is 262 g/mol. The Kier molecular flexibility index (Phi) is 3.40. The summed E-state index contributed by atoms with van der Waals surface area (Å²) in [7, 11) is 0. The summed E-state index contributed by atoms with van der Waals surface area (Å²) >= 11 is 6.00. The lowest BCUT2D eigenvalue weighted by molar-refractivity contribution is -0.125. The smallest absolute Gasteiger partial charge is 0.228 e. The van der Waals surface area contributed by atoms with Crippen LogP contribution in [-0.2, 0) is 4.79 Å². The SMILES string of the molecule is O=C(NC1(CCl)CCC1)C1CCOc2ccccc21. The van der Waals surface area contributed by atoms with Crippen molar-refractivity contribution < 1.29 is 9.53 Å². The van der Waals surface area contributed by atoms with Crippen molar-refractivity contribution in [2.45, 2.75) is 37.1 Å². The summed E-state index contributed by atoms with van der Waals surface area (Å²) < 4.78 is 5.59. The van der Waals surface area contributed by atoms with Crippen LogP contribution >= 0.6 is 11.6 Å². The second kappa shape index (κ2) is 5.04. The van der Waals surface area contributed by atoms with E-state index in [1.54, 1.807) is 0 Å². The standard InChI is InChI=1S/C15H18ClNO2/c16-10-15(7-3-8-15)17-14(18)12-6-9-19-13-5-2-1-4-11(12)13/h1-2,4-5,12H,3,6-10H2,(H,17,18). The van der Waals surface area contributed by atoms with Gasteiger partial charge in [-0.15, -0.1) is 11.6 Å². The number of alkyl halides is 1. The van der Waals surface area contributed by atoms with Gasteiger partial charge in [0.1, 0.15) is 5.75 Å². The summed E-state index contributed by atoms with van der Waals surface area (Å²) in [4.78, 5) is 12.5. The maximum Gasteiger partial charge on any atom is 0.228 e. The summed E-state index contributed by atoms with van der Waals surface area (Å²) in [5.41, 5.74) is 0.835. The van der Waals surface area contributed by atoms with Crippen LogP contribution in [0.2, 0.25) is 0 Å². The molecule has 3 nitrogen and oxygen atoms in total. The van der Waals surface area contributed by atoms with Gasteiger partial charge in [-0.3, -0.25) is 4.79 Å².